The van der Waals surface area contributed by atoms with Crippen LogP contribution in [-0.4, -0.2) is 18.1 Å². The predicted octanol–water partition coefficient (Wildman–Crippen LogP) is 3.07. The van der Waals surface area contributed by atoms with Crippen LogP contribution in [0.25, 0.3) is 0 Å². The Kier molecular flexibility index (Phi) is 4.48. The summed E-state index contributed by atoms with van der Waals surface area (Å²) in [5, 5.41) is 12.6. The van der Waals surface area contributed by atoms with Gasteiger partial charge in [0, 0.05) is 29.9 Å². The summed E-state index contributed by atoms with van der Waals surface area (Å²) in [6, 6.07) is 15.2. The number of oxime groups is 1. The smallest absolute Gasteiger partial charge is 0.172 e. The summed E-state index contributed by atoms with van der Waals surface area (Å²) in [6.45, 7) is 0.701. The van der Waals surface area contributed by atoms with Crippen molar-refractivity contribution in [3.8, 4) is 0 Å². The normalized spacial score (nSPS) is 11.4. The van der Waals surface area contributed by atoms with E-state index in [0.29, 0.717) is 17.1 Å². The quantitative estimate of drug-likeness (QED) is 0.393. The first-order valence-corrected chi connectivity index (χ1v) is 6.52. The Morgan fingerprint density at radius 3 is 2.50 bits per heavy atom. The Balaban J connectivity index is 2.25. The van der Waals surface area contributed by atoms with Gasteiger partial charge in [-0.25, -0.2) is 0 Å². The standard InChI is InChI=1S/C15H16ClN3O/c1-19(10-11-6-8-12(16)9-7-11)14-5-3-2-4-13(14)15(17)18-20/h2-9,20H,10H2,1H3,(H2,17,18). The van der Waals surface area contributed by atoms with Crippen LogP contribution >= 0.6 is 11.6 Å². The molecule has 0 saturated carbocycles. The molecule has 0 unspecified atom stereocenters. The molecule has 0 spiro atoms. The number of hydrogen-bond donors (Lipinski definition) is 2. The van der Waals surface area contributed by atoms with Gasteiger partial charge in [-0.3, -0.25) is 0 Å². The zero-order chi connectivity index (χ0) is 14.5. The van der Waals surface area contributed by atoms with Gasteiger partial charge in [0.1, 0.15) is 0 Å². The lowest BCUT2D eigenvalue weighted by Gasteiger charge is -2.22. The average Bonchev–Trinajstić information content (AvgIpc) is 2.48. The van der Waals surface area contributed by atoms with Gasteiger partial charge >= 0.3 is 0 Å². The number of benzene rings is 2. The lowest BCUT2D eigenvalue weighted by Crippen LogP contribution is -2.22. The van der Waals surface area contributed by atoms with E-state index < -0.39 is 0 Å². The molecular formula is C15H16ClN3O. The van der Waals surface area contributed by atoms with Crippen LogP contribution in [0.4, 0.5) is 5.69 Å². The molecule has 2 rings (SSSR count). The van der Waals surface area contributed by atoms with E-state index >= 15 is 0 Å². The average molecular weight is 290 g/mol. The Labute approximate surface area is 123 Å². The lowest BCUT2D eigenvalue weighted by atomic mass is 10.1. The van der Waals surface area contributed by atoms with Crippen molar-refractivity contribution in [1.82, 2.24) is 0 Å². The van der Waals surface area contributed by atoms with Crippen LogP contribution in [0.3, 0.4) is 0 Å². The van der Waals surface area contributed by atoms with Gasteiger partial charge in [0.2, 0.25) is 0 Å². The van der Waals surface area contributed by atoms with Crippen LogP contribution < -0.4 is 10.6 Å². The third kappa shape index (κ3) is 3.22. The molecule has 0 atom stereocenters. The lowest BCUT2D eigenvalue weighted by molar-refractivity contribution is 0.318. The van der Waals surface area contributed by atoms with E-state index in [0.717, 1.165) is 11.3 Å². The summed E-state index contributed by atoms with van der Waals surface area (Å²) in [5.41, 5.74) is 8.43. The zero-order valence-corrected chi connectivity index (χ0v) is 11.9. The molecule has 0 aliphatic carbocycles. The number of para-hydroxylation sites is 1. The maximum absolute atomic E-state index is 8.84. The third-order valence-electron chi connectivity index (χ3n) is 3.03. The Bertz CT molecular complexity index is 611. The molecule has 3 N–H and O–H groups in total. The maximum atomic E-state index is 8.84. The van der Waals surface area contributed by atoms with E-state index in [2.05, 4.69) is 5.16 Å². The zero-order valence-electron chi connectivity index (χ0n) is 11.1. The Hall–Kier alpha value is -2.20. The molecule has 4 nitrogen and oxygen atoms in total. The molecule has 0 saturated heterocycles. The number of nitrogens with zero attached hydrogens (tertiary/aromatic N) is 2. The van der Waals surface area contributed by atoms with Crippen LogP contribution in [0.1, 0.15) is 11.1 Å². The fourth-order valence-electron chi connectivity index (χ4n) is 2.03. The molecule has 2 aromatic carbocycles. The second-order valence-corrected chi connectivity index (χ2v) is 4.92. The van der Waals surface area contributed by atoms with E-state index in [1.54, 1.807) is 0 Å². The van der Waals surface area contributed by atoms with Crippen molar-refractivity contribution >= 4 is 23.1 Å². The van der Waals surface area contributed by atoms with Gasteiger partial charge in [-0.05, 0) is 29.8 Å². The summed E-state index contributed by atoms with van der Waals surface area (Å²) < 4.78 is 0. The second-order valence-electron chi connectivity index (χ2n) is 4.48. The van der Waals surface area contributed by atoms with E-state index in [4.69, 9.17) is 22.5 Å². The fourth-order valence-corrected chi connectivity index (χ4v) is 2.15. The highest BCUT2D eigenvalue weighted by Crippen LogP contribution is 2.21. The van der Waals surface area contributed by atoms with E-state index in [1.165, 1.54) is 0 Å². The van der Waals surface area contributed by atoms with E-state index in [9.17, 15) is 0 Å². The highest BCUT2D eigenvalue weighted by Gasteiger charge is 2.10. The Morgan fingerprint density at radius 1 is 1.20 bits per heavy atom. The van der Waals surface area contributed by atoms with Crippen molar-refractivity contribution in [1.29, 1.82) is 0 Å². The second kappa shape index (κ2) is 6.30. The highest BCUT2D eigenvalue weighted by atomic mass is 35.5. The van der Waals surface area contributed by atoms with Gasteiger partial charge in [-0.15, -0.1) is 0 Å². The van der Waals surface area contributed by atoms with Crippen molar-refractivity contribution in [3.05, 3.63) is 64.7 Å². The maximum Gasteiger partial charge on any atom is 0.172 e. The van der Waals surface area contributed by atoms with E-state index in [1.807, 2.05) is 60.5 Å². The molecule has 0 heterocycles. The van der Waals surface area contributed by atoms with Crippen LogP contribution in [-0.2, 0) is 6.54 Å². The van der Waals surface area contributed by atoms with E-state index in [-0.39, 0.29) is 5.84 Å². The minimum Gasteiger partial charge on any atom is -0.409 e. The first-order valence-electron chi connectivity index (χ1n) is 6.14. The predicted molar refractivity (Wildman–Crippen MR) is 82.5 cm³/mol. The minimum absolute atomic E-state index is 0.101. The van der Waals surface area contributed by atoms with Crippen molar-refractivity contribution in [2.75, 3.05) is 11.9 Å². The first kappa shape index (κ1) is 14.2. The van der Waals surface area contributed by atoms with Gasteiger partial charge in [-0.1, -0.05) is 41.0 Å². The molecule has 104 valence electrons. The van der Waals surface area contributed by atoms with Gasteiger partial charge < -0.3 is 15.8 Å². The molecule has 0 amide bonds. The fraction of sp³-hybridized carbons (Fsp3) is 0.133. The molecule has 0 fully saturated rings. The monoisotopic (exact) mass is 289 g/mol. The number of amidine groups is 1. The minimum atomic E-state index is 0.101. The molecule has 0 aromatic heterocycles. The van der Waals surface area contributed by atoms with Crippen LogP contribution in [0.15, 0.2) is 53.7 Å². The molecule has 20 heavy (non-hydrogen) atoms. The number of halogens is 1. The van der Waals surface area contributed by atoms with Crippen molar-refractivity contribution in [3.63, 3.8) is 0 Å². The van der Waals surface area contributed by atoms with Crippen LogP contribution in [0, 0.1) is 0 Å². The Morgan fingerprint density at radius 2 is 1.85 bits per heavy atom. The molecule has 0 aliphatic heterocycles. The van der Waals surface area contributed by atoms with Crippen LogP contribution in [0.5, 0.6) is 0 Å². The summed E-state index contributed by atoms with van der Waals surface area (Å²) in [7, 11) is 1.96. The molecular weight excluding hydrogens is 274 g/mol. The molecule has 0 radical (unpaired) electrons. The van der Waals surface area contributed by atoms with Crippen molar-refractivity contribution in [2.45, 2.75) is 6.54 Å². The largest absolute Gasteiger partial charge is 0.409 e. The number of anilines is 1. The first-order chi connectivity index (χ1) is 9.61. The van der Waals surface area contributed by atoms with Gasteiger partial charge in [0.05, 0.1) is 0 Å². The van der Waals surface area contributed by atoms with Gasteiger partial charge in [-0.2, -0.15) is 0 Å². The highest BCUT2D eigenvalue weighted by molar-refractivity contribution is 6.30. The van der Waals surface area contributed by atoms with Crippen molar-refractivity contribution in [2.24, 2.45) is 10.9 Å². The van der Waals surface area contributed by atoms with Gasteiger partial charge in [0.25, 0.3) is 0 Å². The summed E-state index contributed by atoms with van der Waals surface area (Å²) in [5.74, 6) is 0.101. The van der Waals surface area contributed by atoms with Crippen molar-refractivity contribution < 1.29 is 5.21 Å². The van der Waals surface area contributed by atoms with Gasteiger partial charge in [0.15, 0.2) is 5.84 Å². The third-order valence-corrected chi connectivity index (χ3v) is 3.28. The SMILES string of the molecule is CN(Cc1ccc(Cl)cc1)c1ccccc1C(N)=NO. The number of nitrogens with two attached hydrogens (primary N) is 1. The topological polar surface area (TPSA) is 61.8 Å². The summed E-state index contributed by atoms with van der Waals surface area (Å²) in [6.07, 6.45) is 0. The summed E-state index contributed by atoms with van der Waals surface area (Å²) in [4.78, 5) is 2.04. The molecule has 0 bridgehead atoms. The number of rotatable bonds is 4. The van der Waals surface area contributed by atoms with Crippen LogP contribution in [0.2, 0.25) is 5.02 Å². The molecule has 2 aromatic rings. The molecule has 5 heteroatoms. The summed E-state index contributed by atoms with van der Waals surface area (Å²) >= 11 is 5.88. The number of hydrogen-bond acceptors (Lipinski definition) is 3. The molecule has 0 aliphatic rings.